The van der Waals surface area contributed by atoms with Gasteiger partial charge < -0.3 is 29.6 Å². The van der Waals surface area contributed by atoms with E-state index in [2.05, 4.69) is 20.0 Å². The zero-order valence-corrected chi connectivity index (χ0v) is 23.9. The number of nitrogen functional groups attached to an aromatic ring is 1. The van der Waals surface area contributed by atoms with Crippen LogP contribution in [0.25, 0.3) is 11.2 Å². The molecule has 4 N–H and O–H groups in total. The molecule has 6 atom stereocenters. The lowest BCUT2D eigenvalue weighted by molar-refractivity contribution is -0.149. The van der Waals surface area contributed by atoms with E-state index in [9.17, 15) is 18.9 Å². The van der Waals surface area contributed by atoms with Crippen LogP contribution in [0.1, 0.15) is 33.9 Å². The molecule has 0 radical (unpaired) electrons. The van der Waals surface area contributed by atoms with Gasteiger partial charge >= 0.3 is 13.7 Å². The summed E-state index contributed by atoms with van der Waals surface area (Å²) in [7, 11) is -4.25. The summed E-state index contributed by atoms with van der Waals surface area (Å²) in [5.74, 6) is -1.48. The molecular weight excluding hydrogens is 562 g/mol. The van der Waals surface area contributed by atoms with Gasteiger partial charge in [0, 0.05) is 5.92 Å². The molecule has 224 valence electrons. The number of hydrogen-bond acceptors (Lipinski definition) is 12. The van der Waals surface area contributed by atoms with Gasteiger partial charge in [0.05, 0.1) is 38.4 Å². The van der Waals surface area contributed by atoms with Crippen LogP contribution in [0.15, 0.2) is 36.7 Å². The minimum atomic E-state index is -4.25. The Hall–Kier alpha value is -3.36. The van der Waals surface area contributed by atoms with Crippen LogP contribution in [0.4, 0.5) is 10.3 Å². The van der Waals surface area contributed by atoms with Crippen molar-refractivity contribution in [1.29, 1.82) is 0 Å². The third-order valence-electron chi connectivity index (χ3n) is 6.10. The number of imidazole rings is 1. The fourth-order valence-corrected chi connectivity index (χ4v) is 5.71. The number of aromatic nitrogens is 4. The van der Waals surface area contributed by atoms with Gasteiger partial charge in [-0.3, -0.25) is 18.3 Å². The van der Waals surface area contributed by atoms with Crippen LogP contribution < -0.4 is 20.1 Å². The molecule has 0 amide bonds. The molecule has 1 aliphatic heterocycles. The molecule has 41 heavy (non-hydrogen) atoms. The Labute approximate surface area is 235 Å². The van der Waals surface area contributed by atoms with Crippen molar-refractivity contribution < 1.29 is 42.1 Å². The van der Waals surface area contributed by atoms with Crippen molar-refractivity contribution in [2.45, 2.75) is 58.3 Å². The minimum absolute atomic E-state index is 0.0905. The van der Waals surface area contributed by atoms with Gasteiger partial charge in [-0.1, -0.05) is 18.2 Å². The number of nitrogens with one attached hydrogen (secondary N) is 1. The monoisotopic (exact) mass is 596 g/mol. The Morgan fingerprint density at radius 1 is 1.27 bits per heavy atom. The molecular formula is C25H34FN6O8P. The molecule has 0 unspecified atom stereocenters. The molecule has 1 fully saturated rings. The number of carbonyl (C=O) groups excluding carboxylic acids is 1. The average molecular weight is 597 g/mol. The van der Waals surface area contributed by atoms with Crippen molar-refractivity contribution >= 4 is 30.8 Å². The second-order valence-corrected chi connectivity index (χ2v) is 11.2. The highest BCUT2D eigenvalue weighted by Crippen LogP contribution is 2.47. The van der Waals surface area contributed by atoms with E-state index in [-0.39, 0.29) is 28.7 Å². The SMILES string of the molecule is CCOc1nc(N)nc2c1ncn2[C@@H]1O[C@H](CO[P@@](=O)(N[C@@H](C)C(=O)OC(C)C)Oc2ccccc2)[C@@H](CF)[C@H]1O. The summed E-state index contributed by atoms with van der Waals surface area (Å²) < 4.78 is 57.3. The number of halogens is 1. The summed E-state index contributed by atoms with van der Waals surface area (Å²) in [5, 5.41) is 13.6. The molecule has 2 aromatic heterocycles. The van der Waals surface area contributed by atoms with Crippen LogP contribution in [0.2, 0.25) is 0 Å². The average Bonchev–Trinajstić information content (AvgIpc) is 3.47. The first-order valence-corrected chi connectivity index (χ1v) is 14.6. The van der Waals surface area contributed by atoms with Crippen molar-refractivity contribution in [2.24, 2.45) is 5.92 Å². The Balaban J connectivity index is 1.55. The molecule has 0 spiro atoms. The number of aliphatic hydroxyl groups excluding tert-OH is 1. The molecule has 1 aliphatic rings. The summed E-state index contributed by atoms with van der Waals surface area (Å²) in [4.78, 5) is 24.9. The van der Waals surface area contributed by atoms with E-state index < -0.39 is 63.5 Å². The van der Waals surface area contributed by atoms with Gasteiger partial charge in [0.25, 0.3) is 0 Å². The van der Waals surface area contributed by atoms with Crippen molar-refractivity contribution in [2.75, 3.05) is 25.6 Å². The Morgan fingerprint density at radius 2 is 2.00 bits per heavy atom. The molecule has 3 heterocycles. The predicted molar refractivity (Wildman–Crippen MR) is 145 cm³/mol. The van der Waals surface area contributed by atoms with Crippen LogP contribution in [0.3, 0.4) is 0 Å². The van der Waals surface area contributed by atoms with Crippen LogP contribution in [-0.4, -0.2) is 74.8 Å². The maximum atomic E-state index is 14.2. The van der Waals surface area contributed by atoms with Crippen molar-refractivity contribution in [1.82, 2.24) is 24.6 Å². The number of nitrogens with zero attached hydrogens (tertiary/aromatic N) is 4. The Kier molecular flexibility index (Phi) is 9.76. The number of carbonyl (C=O) groups is 1. The van der Waals surface area contributed by atoms with E-state index in [0.717, 1.165) is 0 Å². The van der Waals surface area contributed by atoms with Gasteiger partial charge in [0.2, 0.25) is 11.8 Å². The lowest BCUT2D eigenvalue weighted by atomic mass is 10.00. The first kappa shape index (κ1) is 30.6. The van der Waals surface area contributed by atoms with Crippen molar-refractivity contribution in [3.8, 4) is 11.6 Å². The number of hydrogen-bond donors (Lipinski definition) is 3. The topological polar surface area (TPSA) is 182 Å². The highest BCUT2D eigenvalue weighted by atomic mass is 31.2. The first-order valence-electron chi connectivity index (χ1n) is 13.0. The number of benzene rings is 1. The van der Waals surface area contributed by atoms with Gasteiger partial charge in [-0.15, -0.1) is 0 Å². The van der Waals surface area contributed by atoms with Crippen LogP contribution in [0.5, 0.6) is 11.6 Å². The smallest absolute Gasteiger partial charge is 0.459 e. The quantitative estimate of drug-likeness (QED) is 0.194. The number of rotatable bonds is 13. The lowest BCUT2D eigenvalue weighted by Gasteiger charge is -2.25. The van der Waals surface area contributed by atoms with E-state index in [0.29, 0.717) is 6.61 Å². The molecule has 16 heteroatoms. The molecule has 1 saturated heterocycles. The van der Waals surface area contributed by atoms with Gasteiger partial charge in [-0.25, -0.2) is 9.55 Å². The zero-order valence-electron chi connectivity index (χ0n) is 23.0. The van der Waals surface area contributed by atoms with Crippen molar-refractivity contribution in [3.63, 3.8) is 0 Å². The number of alkyl halides is 1. The van der Waals surface area contributed by atoms with E-state index >= 15 is 0 Å². The highest BCUT2D eigenvalue weighted by molar-refractivity contribution is 7.52. The largest absolute Gasteiger partial charge is 0.476 e. The molecule has 0 aliphatic carbocycles. The van der Waals surface area contributed by atoms with Crippen LogP contribution in [0, 0.1) is 5.92 Å². The number of ether oxygens (including phenoxy) is 3. The Morgan fingerprint density at radius 3 is 2.66 bits per heavy atom. The number of nitrogens with two attached hydrogens (primary N) is 1. The summed E-state index contributed by atoms with van der Waals surface area (Å²) in [6.45, 7) is 5.44. The molecule has 4 rings (SSSR count). The lowest BCUT2D eigenvalue weighted by Crippen LogP contribution is -2.37. The number of fused-ring (bicyclic) bond motifs is 1. The second kappa shape index (κ2) is 13.1. The minimum Gasteiger partial charge on any atom is -0.476 e. The molecule has 3 aromatic rings. The number of para-hydroxylation sites is 1. The van der Waals surface area contributed by atoms with Crippen LogP contribution >= 0.6 is 7.75 Å². The number of aliphatic hydroxyl groups is 1. The molecule has 1 aromatic carbocycles. The Bertz CT molecular complexity index is 1380. The summed E-state index contributed by atoms with van der Waals surface area (Å²) >= 11 is 0. The van der Waals surface area contributed by atoms with Gasteiger partial charge in [0.15, 0.2) is 17.4 Å². The standard InChI is InChI=1S/C25H34FN6O8P/c1-5-36-22-19-21(29-25(27)30-22)32(13-28-19)23-20(33)17(11-26)18(39-23)12-37-41(35,40-16-9-7-6-8-10-16)31-15(4)24(34)38-14(2)3/h6-10,13-15,17-18,20,23,33H,5,11-12H2,1-4H3,(H,31,35)(H2,27,29,30)/t15-,17+,18+,20+,23+,41-/m0/s1. The third kappa shape index (κ3) is 7.11. The third-order valence-corrected chi connectivity index (χ3v) is 7.74. The summed E-state index contributed by atoms with van der Waals surface area (Å²) in [5.41, 5.74) is 6.32. The van der Waals surface area contributed by atoms with Crippen LogP contribution in [-0.2, 0) is 23.4 Å². The fourth-order valence-electron chi connectivity index (χ4n) is 4.21. The molecule has 0 bridgehead atoms. The normalized spacial score (nSPS) is 22.9. The highest BCUT2D eigenvalue weighted by Gasteiger charge is 2.47. The van der Waals surface area contributed by atoms with E-state index in [1.54, 1.807) is 51.1 Å². The van der Waals surface area contributed by atoms with Gasteiger partial charge in [-0.2, -0.15) is 15.1 Å². The summed E-state index contributed by atoms with van der Waals surface area (Å²) in [6, 6.07) is 7.11. The molecule has 14 nitrogen and oxygen atoms in total. The summed E-state index contributed by atoms with van der Waals surface area (Å²) in [6.07, 6.45) is -2.63. The van der Waals surface area contributed by atoms with E-state index in [4.69, 9.17) is 29.0 Å². The second-order valence-electron chi connectivity index (χ2n) is 9.55. The maximum absolute atomic E-state index is 14.2. The van der Waals surface area contributed by atoms with Gasteiger partial charge in [0.1, 0.15) is 17.9 Å². The van der Waals surface area contributed by atoms with Crippen molar-refractivity contribution in [3.05, 3.63) is 36.7 Å². The maximum Gasteiger partial charge on any atom is 0.459 e. The predicted octanol–water partition coefficient (Wildman–Crippen LogP) is 2.78. The number of anilines is 1. The molecule has 0 saturated carbocycles. The fraction of sp³-hybridized carbons (Fsp3) is 0.520. The van der Waals surface area contributed by atoms with Gasteiger partial charge in [-0.05, 0) is 39.8 Å². The van der Waals surface area contributed by atoms with E-state index in [1.807, 2.05) is 0 Å². The zero-order chi connectivity index (χ0) is 29.7. The first-order chi connectivity index (χ1) is 19.5. The number of esters is 1. The van der Waals surface area contributed by atoms with E-state index in [1.165, 1.54) is 17.8 Å².